The maximum Gasteiger partial charge on any atom is 0.246 e. The molecular weight excluding hydrogens is 234 g/mol. The van der Waals surface area contributed by atoms with Gasteiger partial charge in [-0.25, -0.2) is 0 Å². The Morgan fingerprint density at radius 3 is 2.87 bits per heavy atom. The highest BCUT2D eigenvalue weighted by molar-refractivity contribution is 7.16. The maximum atomic E-state index is 11.3. The number of carbonyl (C=O) groups is 1. The lowest BCUT2D eigenvalue weighted by Crippen LogP contribution is -2.27. The number of nitrogens with one attached hydrogen (secondary N) is 1. The van der Waals surface area contributed by atoms with E-state index in [0.29, 0.717) is 6.54 Å². The van der Waals surface area contributed by atoms with Crippen molar-refractivity contribution in [1.82, 2.24) is 5.32 Å². The molecule has 0 aliphatic rings. The number of halogens is 1. The van der Waals surface area contributed by atoms with E-state index in [1.807, 2.05) is 26.0 Å². The van der Waals surface area contributed by atoms with Crippen molar-refractivity contribution in [3.05, 3.63) is 21.3 Å². The zero-order valence-corrected chi connectivity index (χ0v) is 10.3. The molecule has 15 heavy (non-hydrogen) atoms. The molecule has 0 aliphatic carbocycles. The highest BCUT2D eigenvalue weighted by Crippen LogP contribution is 2.20. The van der Waals surface area contributed by atoms with Crippen molar-refractivity contribution < 1.29 is 9.53 Å². The van der Waals surface area contributed by atoms with E-state index in [1.54, 1.807) is 0 Å². The van der Waals surface area contributed by atoms with Crippen molar-refractivity contribution in [1.29, 1.82) is 0 Å². The lowest BCUT2D eigenvalue weighted by Gasteiger charge is -2.07. The van der Waals surface area contributed by atoms with Gasteiger partial charge >= 0.3 is 0 Å². The van der Waals surface area contributed by atoms with Gasteiger partial charge in [-0.15, -0.1) is 11.3 Å². The van der Waals surface area contributed by atoms with Crippen LogP contribution in [-0.2, 0) is 16.1 Å². The summed E-state index contributed by atoms with van der Waals surface area (Å²) in [5.41, 5.74) is 0. The Hall–Kier alpha value is -0.580. The van der Waals surface area contributed by atoms with Crippen LogP contribution in [0.3, 0.4) is 0 Å². The molecule has 1 amide bonds. The van der Waals surface area contributed by atoms with Crippen LogP contribution < -0.4 is 5.32 Å². The Bertz CT molecular complexity index is 325. The van der Waals surface area contributed by atoms with Gasteiger partial charge in [0.05, 0.1) is 17.0 Å². The Morgan fingerprint density at radius 2 is 2.33 bits per heavy atom. The van der Waals surface area contributed by atoms with Crippen LogP contribution in [-0.4, -0.2) is 18.6 Å². The maximum absolute atomic E-state index is 11.3. The zero-order chi connectivity index (χ0) is 11.3. The highest BCUT2D eigenvalue weighted by Gasteiger charge is 2.04. The summed E-state index contributed by atoms with van der Waals surface area (Å²) in [6.45, 7) is 4.41. The average Bonchev–Trinajstić information content (AvgIpc) is 2.58. The number of hydrogen-bond acceptors (Lipinski definition) is 3. The van der Waals surface area contributed by atoms with E-state index in [2.05, 4.69) is 5.32 Å². The van der Waals surface area contributed by atoms with Gasteiger partial charge in [0, 0.05) is 4.88 Å². The first kappa shape index (κ1) is 12.5. The molecule has 5 heteroatoms. The van der Waals surface area contributed by atoms with E-state index in [-0.39, 0.29) is 18.6 Å². The van der Waals surface area contributed by atoms with Crippen LogP contribution in [0.15, 0.2) is 12.1 Å². The molecule has 0 saturated carbocycles. The molecule has 1 rings (SSSR count). The van der Waals surface area contributed by atoms with Crippen LogP contribution in [0.1, 0.15) is 18.7 Å². The Kier molecular flexibility index (Phi) is 5.08. The molecule has 0 radical (unpaired) electrons. The fourth-order valence-corrected chi connectivity index (χ4v) is 1.95. The van der Waals surface area contributed by atoms with Crippen molar-refractivity contribution in [3.63, 3.8) is 0 Å². The summed E-state index contributed by atoms with van der Waals surface area (Å²) in [6, 6.07) is 3.72. The minimum atomic E-state index is -0.103. The van der Waals surface area contributed by atoms with Crippen molar-refractivity contribution in [2.45, 2.75) is 26.5 Å². The second-order valence-electron chi connectivity index (χ2n) is 3.34. The highest BCUT2D eigenvalue weighted by atomic mass is 35.5. The van der Waals surface area contributed by atoms with Gasteiger partial charge in [-0.1, -0.05) is 11.6 Å². The van der Waals surface area contributed by atoms with Crippen LogP contribution in [0.25, 0.3) is 0 Å². The number of hydrogen-bond donors (Lipinski definition) is 1. The SMILES string of the molecule is CC(C)OCC(=O)NCc1ccc(Cl)s1. The van der Waals surface area contributed by atoms with E-state index in [1.165, 1.54) is 11.3 Å². The molecule has 84 valence electrons. The summed E-state index contributed by atoms with van der Waals surface area (Å²) in [5.74, 6) is -0.103. The Labute approximate surface area is 98.4 Å². The van der Waals surface area contributed by atoms with Gasteiger partial charge in [-0.3, -0.25) is 4.79 Å². The van der Waals surface area contributed by atoms with Crippen molar-refractivity contribution in [2.75, 3.05) is 6.61 Å². The van der Waals surface area contributed by atoms with Gasteiger partial charge in [-0.05, 0) is 26.0 Å². The van der Waals surface area contributed by atoms with Gasteiger partial charge < -0.3 is 10.1 Å². The predicted octanol–water partition coefficient (Wildman–Crippen LogP) is 2.44. The summed E-state index contributed by atoms with van der Waals surface area (Å²) in [5, 5.41) is 2.76. The van der Waals surface area contributed by atoms with Gasteiger partial charge in [-0.2, -0.15) is 0 Å². The van der Waals surface area contributed by atoms with Crippen LogP contribution in [0.5, 0.6) is 0 Å². The molecule has 0 unspecified atom stereocenters. The quantitative estimate of drug-likeness (QED) is 0.868. The van der Waals surface area contributed by atoms with Gasteiger partial charge in [0.2, 0.25) is 5.91 Å². The summed E-state index contributed by atoms with van der Waals surface area (Å²) in [7, 11) is 0. The zero-order valence-electron chi connectivity index (χ0n) is 8.75. The van der Waals surface area contributed by atoms with Gasteiger partial charge in [0.1, 0.15) is 6.61 Å². The van der Waals surface area contributed by atoms with E-state index < -0.39 is 0 Å². The number of rotatable bonds is 5. The number of ether oxygens (including phenoxy) is 1. The largest absolute Gasteiger partial charge is 0.369 e. The summed E-state index contributed by atoms with van der Waals surface area (Å²) in [4.78, 5) is 12.3. The first-order valence-corrected chi connectivity index (χ1v) is 5.90. The minimum Gasteiger partial charge on any atom is -0.369 e. The van der Waals surface area contributed by atoms with Crippen molar-refractivity contribution in [2.24, 2.45) is 0 Å². The number of amides is 1. The molecule has 1 aromatic heterocycles. The van der Waals surface area contributed by atoms with Crippen LogP contribution in [0.4, 0.5) is 0 Å². The smallest absolute Gasteiger partial charge is 0.246 e. The van der Waals surface area contributed by atoms with Crippen LogP contribution >= 0.6 is 22.9 Å². The van der Waals surface area contributed by atoms with Crippen LogP contribution in [0.2, 0.25) is 4.34 Å². The topological polar surface area (TPSA) is 38.3 Å². The molecule has 0 atom stereocenters. The first-order valence-electron chi connectivity index (χ1n) is 4.70. The predicted molar refractivity (Wildman–Crippen MR) is 62.3 cm³/mol. The van der Waals surface area contributed by atoms with E-state index in [4.69, 9.17) is 16.3 Å². The Morgan fingerprint density at radius 1 is 1.60 bits per heavy atom. The third kappa shape index (κ3) is 5.16. The summed E-state index contributed by atoms with van der Waals surface area (Å²) < 4.78 is 5.90. The van der Waals surface area contributed by atoms with E-state index >= 15 is 0 Å². The Balaban J connectivity index is 2.22. The monoisotopic (exact) mass is 247 g/mol. The number of thiophene rings is 1. The third-order valence-corrected chi connectivity index (χ3v) is 2.87. The molecule has 1 heterocycles. The minimum absolute atomic E-state index is 0.0759. The second-order valence-corrected chi connectivity index (χ2v) is 5.14. The lowest BCUT2D eigenvalue weighted by molar-refractivity contribution is -0.127. The summed E-state index contributed by atoms with van der Waals surface area (Å²) >= 11 is 7.22. The van der Waals surface area contributed by atoms with E-state index in [9.17, 15) is 4.79 Å². The molecule has 0 aliphatic heterocycles. The van der Waals surface area contributed by atoms with Gasteiger partial charge in [0.15, 0.2) is 0 Å². The molecule has 3 nitrogen and oxygen atoms in total. The van der Waals surface area contributed by atoms with Crippen molar-refractivity contribution in [3.8, 4) is 0 Å². The van der Waals surface area contributed by atoms with E-state index in [0.717, 1.165) is 9.21 Å². The molecule has 1 N–H and O–H groups in total. The molecular formula is C10H14ClNO2S. The fraction of sp³-hybridized carbons (Fsp3) is 0.500. The lowest BCUT2D eigenvalue weighted by atomic mass is 10.4. The molecule has 0 aromatic carbocycles. The van der Waals surface area contributed by atoms with Gasteiger partial charge in [0.25, 0.3) is 0 Å². The molecule has 0 fully saturated rings. The second kappa shape index (κ2) is 6.10. The number of carbonyl (C=O) groups excluding carboxylic acids is 1. The third-order valence-electron chi connectivity index (χ3n) is 1.64. The fourth-order valence-electron chi connectivity index (χ4n) is 0.926. The summed E-state index contributed by atoms with van der Waals surface area (Å²) in [6.07, 6.45) is 0.0759. The molecule has 0 spiro atoms. The molecule has 1 aromatic rings. The average molecular weight is 248 g/mol. The first-order chi connectivity index (χ1) is 7.08. The molecule has 0 saturated heterocycles. The normalized spacial score (nSPS) is 10.7. The van der Waals surface area contributed by atoms with Crippen molar-refractivity contribution >= 4 is 28.8 Å². The molecule has 0 bridgehead atoms. The standard InChI is InChI=1S/C10H14ClNO2S/c1-7(2)14-6-10(13)12-5-8-3-4-9(11)15-8/h3-4,7H,5-6H2,1-2H3,(H,12,13). The van der Waals surface area contributed by atoms with Crippen LogP contribution in [0, 0.1) is 0 Å².